The lowest BCUT2D eigenvalue weighted by Crippen LogP contribution is -2.20. The highest BCUT2D eigenvalue weighted by Gasteiger charge is 2.20. The maximum atomic E-state index is 12.7. The van der Waals surface area contributed by atoms with Crippen LogP contribution in [0.2, 0.25) is 0 Å². The number of benzene rings is 3. The molecule has 4 rings (SSSR count). The van der Waals surface area contributed by atoms with Gasteiger partial charge in [0.2, 0.25) is 11.8 Å². The third-order valence-corrected chi connectivity index (χ3v) is 5.23. The summed E-state index contributed by atoms with van der Waals surface area (Å²) in [7, 11) is 0. The smallest absolute Gasteiger partial charge is 0.353 e. The van der Waals surface area contributed by atoms with E-state index >= 15 is 0 Å². The molecule has 0 aliphatic rings. The summed E-state index contributed by atoms with van der Waals surface area (Å²) in [6, 6.07) is 19.9. The van der Waals surface area contributed by atoms with E-state index in [2.05, 4.69) is 20.9 Å². The Kier molecular flexibility index (Phi) is 6.54. The highest BCUT2D eigenvalue weighted by Crippen LogP contribution is 2.38. The van der Waals surface area contributed by atoms with Crippen LogP contribution >= 0.6 is 0 Å². The van der Waals surface area contributed by atoms with Gasteiger partial charge in [-0.1, -0.05) is 48.5 Å². The number of amides is 3. The number of anilines is 2. The summed E-state index contributed by atoms with van der Waals surface area (Å²) < 4.78 is 1.34. The van der Waals surface area contributed by atoms with Gasteiger partial charge in [0.25, 0.3) is 0 Å². The summed E-state index contributed by atoms with van der Waals surface area (Å²) >= 11 is 0. The molecule has 176 valence electrons. The summed E-state index contributed by atoms with van der Waals surface area (Å²) in [6.07, 6.45) is 0. The molecule has 0 spiro atoms. The quantitative estimate of drug-likeness (QED) is 0.195. The minimum atomic E-state index is -1.23. The van der Waals surface area contributed by atoms with Crippen LogP contribution in [0.5, 0.6) is 11.6 Å². The number of hydrogen-bond acceptors (Lipinski definition) is 6. The second kappa shape index (κ2) is 9.87. The van der Waals surface area contributed by atoms with Gasteiger partial charge in [0.15, 0.2) is 5.69 Å². The van der Waals surface area contributed by atoms with Crippen molar-refractivity contribution >= 4 is 45.7 Å². The van der Waals surface area contributed by atoms with E-state index in [0.717, 1.165) is 5.56 Å². The van der Waals surface area contributed by atoms with Gasteiger partial charge in [-0.2, -0.15) is 0 Å². The van der Waals surface area contributed by atoms with Gasteiger partial charge in [-0.3, -0.25) is 14.4 Å². The molecule has 3 aromatic carbocycles. The number of carbonyl (C=O) groups is 3. The number of phenolic OH excluding ortho intramolecular Hbond substituents is 1. The molecule has 0 fully saturated rings. The van der Waals surface area contributed by atoms with Crippen molar-refractivity contribution in [3.8, 4) is 11.6 Å². The number of aromatic hydroxyl groups is 2. The summed E-state index contributed by atoms with van der Waals surface area (Å²) in [5, 5.41) is 33.2. The van der Waals surface area contributed by atoms with Gasteiger partial charge in [0.1, 0.15) is 12.3 Å². The normalized spacial score (nSPS) is 11.0. The van der Waals surface area contributed by atoms with Crippen molar-refractivity contribution in [3.63, 3.8) is 0 Å². The lowest BCUT2D eigenvalue weighted by Gasteiger charge is -2.10. The van der Waals surface area contributed by atoms with Crippen molar-refractivity contribution in [2.45, 2.75) is 13.5 Å². The molecule has 4 N–H and O–H groups in total. The number of nitrogens with zero attached hydrogens (tertiary/aromatic N) is 3. The number of hydrogen-bond donors (Lipinski definition) is 4. The zero-order chi connectivity index (χ0) is 24.9. The number of carbonyl (C=O) groups excluding carboxylic acids is 3. The van der Waals surface area contributed by atoms with Crippen molar-refractivity contribution in [1.82, 2.24) is 4.57 Å². The zero-order valence-corrected chi connectivity index (χ0v) is 18.6. The minimum absolute atomic E-state index is 0.0418. The fourth-order valence-electron chi connectivity index (χ4n) is 3.47. The van der Waals surface area contributed by atoms with Crippen molar-refractivity contribution in [2.24, 2.45) is 10.2 Å². The van der Waals surface area contributed by atoms with Crippen LogP contribution in [0.1, 0.15) is 5.56 Å². The van der Waals surface area contributed by atoms with Gasteiger partial charge in [0, 0.05) is 11.1 Å². The van der Waals surface area contributed by atoms with Crippen molar-refractivity contribution < 1.29 is 24.6 Å². The number of aromatic nitrogens is 1. The SMILES string of the molecule is Cc1ccccc1NC(=O)Cn1c(O)c(N=NC(=O)C(=O)Nc2ccccc2O)c2ccccc21. The molecule has 0 saturated heterocycles. The van der Waals surface area contributed by atoms with Gasteiger partial charge >= 0.3 is 11.8 Å². The highest BCUT2D eigenvalue weighted by molar-refractivity contribution is 6.40. The predicted molar refractivity (Wildman–Crippen MR) is 130 cm³/mol. The van der Waals surface area contributed by atoms with E-state index in [-0.39, 0.29) is 35.5 Å². The van der Waals surface area contributed by atoms with Gasteiger partial charge in [-0.25, -0.2) is 0 Å². The van der Waals surface area contributed by atoms with E-state index in [1.807, 2.05) is 19.1 Å². The Balaban J connectivity index is 1.56. The molecule has 4 aromatic rings. The van der Waals surface area contributed by atoms with Crippen LogP contribution in [0.3, 0.4) is 0 Å². The fraction of sp³-hybridized carbons (Fsp3) is 0.0800. The molecule has 10 heteroatoms. The van der Waals surface area contributed by atoms with E-state index in [4.69, 9.17) is 0 Å². The number of aryl methyl sites for hydroxylation is 1. The molecule has 0 unspecified atom stereocenters. The molecule has 0 aliphatic heterocycles. The third-order valence-electron chi connectivity index (χ3n) is 5.23. The molecule has 3 amide bonds. The molecule has 0 radical (unpaired) electrons. The molecular weight excluding hydrogens is 450 g/mol. The zero-order valence-electron chi connectivity index (χ0n) is 18.6. The summed E-state index contributed by atoms with van der Waals surface area (Å²) in [5.74, 6) is -3.33. The van der Waals surface area contributed by atoms with Crippen LogP contribution in [0.25, 0.3) is 10.9 Å². The van der Waals surface area contributed by atoms with E-state index in [1.54, 1.807) is 48.5 Å². The second-order valence-corrected chi connectivity index (χ2v) is 7.62. The molecular formula is C25H21N5O5. The second-order valence-electron chi connectivity index (χ2n) is 7.62. The minimum Gasteiger partial charge on any atom is -0.506 e. The summed E-state index contributed by atoms with van der Waals surface area (Å²) in [5.41, 5.74) is 2.00. The first-order valence-corrected chi connectivity index (χ1v) is 10.6. The van der Waals surface area contributed by atoms with E-state index in [9.17, 15) is 24.6 Å². The first kappa shape index (κ1) is 23.2. The molecule has 1 heterocycles. The van der Waals surface area contributed by atoms with Crippen LogP contribution < -0.4 is 10.6 Å². The number of para-hydroxylation sites is 4. The monoisotopic (exact) mass is 471 g/mol. The van der Waals surface area contributed by atoms with Gasteiger partial charge in [0.05, 0.1) is 11.2 Å². The van der Waals surface area contributed by atoms with Crippen LogP contribution in [0, 0.1) is 6.92 Å². The van der Waals surface area contributed by atoms with Crippen molar-refractivity contribution in [2.75, 3.05) is 10.6 Å². The number of rotatable bonds is 5. The molecule has 10 nitrogen and oxygen atoms in total. The number of fused-ring (bicyclic) bond motifs is 1. The highest BCUT2D eigenvalue weighted by atomic mass is 16.3. The Hall–Kier alpha value is -4.99. The maximum absolute atomic E-state index is 12.7. The standard InChI is InChI=1S/C25H21N5O5/c1-15-8-2-4-10-17(15)26-21(32)14-30-19-12-6-3-9-16(19)22(25(30)35)28-29-24(34)23(33)27-18-11-5-7-13-20(18)31/h2-13,31,35H,14H2,1H3,(H,26,32)(H,27,33). The Labute approximate surface area is 199 Å². The van der Waals surface area contributed by atoms with Gasteiger partial charge in [-0.15, -0.1) is 10.2 Å². The number of azo groups is 1. The Morgan fingerprint density at radius 1 is 0.857 bits per heavy atom. The molecule has 0 atom stereocenters. The largest absolute Gasteiger partial charge is 0.506 e. The topological polar surface area (TPSA) is 145 Å². The Bertz CT molecular complexity index is 1470. The fourth-order valence-corrected chi connectivity index (χ4v) is 3.47. The van der Waals surface area contributed by atoms with E-state index in [1.165, 1.54) is 16.7 Å². The lowest BCUT2D eigenvalue weighted by molar-refractivity contribution is -0.134. The van der Waals surface area contributed by atoms with Crippen LogP contribution in [0.15, 0.2) is 83.0 Å². The van der Waals surface area contributed by atoms with Crippen molar-refractivity contribution in [3.05, 3.63) is 78.4 Å². The first-order valence-electron chi connectivity index (χ1n) is 10.6. The molecule has 35 heavy (non-hydrogen) atoms. The number of phenols is 1. The summed E-state index contributed by atoms with van der Waals surface area (Å²) in [4.78, 5) is 37.0. The van der Waals surface area contributed by atoms with E-state index < -0.39 is 11.8 Å². The van der Waals surface area contributed by atoms with Crippen molar-refractivity contribution in [1.29, 1.82) is 0 Å². The first-order chi connectivity index (χ1) is 16.8. The van der Waals surface area contributed by atoms with Crippen LogP contribution in [0.4, 0.5) is 17.1 Å². The maximum Gasteiger partial charge on any atom is 0.353 e. The third kappa shape index (κ3) is 5.01. The Morgan fingerprint density at radius 3 is 2.26 bits per heavy atom. The Morgan fingerprint density at radius 2 is 1.51 bits per heavy atom. The van der Waals surface area contributed by atoms with Crippen LogP contribution in [-0.2, 0) is 20.9 Å². The van der Waals surface area contributed by atoms with E-state index in [0.29, 0.717) is 16.6 Å². The van der Waals surface area contributed by atoms with Gasteiger partial charge < -0.3 is 25.4 Å². The molecule has 0 saturated carbocycles. The lowest BCUT2D eigenvalue weighted by atomic mass is 10.2. The molecule has 0 bridgehead atoms. The summed E-state index contributed by atoms with van der Waals surface area (Å²) in [6.45, 7) is 1.64. The van der Waals surface area contributed by atoms with Gasteiger partial charge in [-0.05, 0) is 36.8 Å². The predicted octanol–water partition coefficient (Wildman–Crippen LogP) is 4.25. The average molecular weight is 471 g/mol. The molecule has 1 aromatic heterocycles. The average Bonchev–Trinajstić information content (AvgIpc) is 3.11. The van der Waals surface area contributed by atoms with Crippen LogP contribution in [-0.4, -0.2) is 32.5 Å². The number of nitrogens with one attached hydrogen (secondary N) is 2. The molecule has 0 aliphatic carbocycles.